The van der Waals surface area contributed by atoms with Crippen LogP contribution in [-0.4, -0.2) is 31.9 Å². The number of carbonyl (C=O) groups excluding carboxylic acids is 1. The van der Waals surface area contributed by atoms with Gasteiger partial charge in [0.15, 0.2) is 5.69 Å². The Kier molecular flexibility index (Phi) is 5.60. The number of carboxylic acid groups (broad SMARTS) is 1. The third-order valence-electron chi connectivity index (χ3n) is 3.94. The van der Waals surface area contributed by atoms with Crippen LogP contribution in [0.4, 0.5) is 4.39 Å². The number of amides is 1. The molecule has 1 heterocycles. The predicted octanol–water partition coefficient (Wildman–Crippen LogP) is 3.32. The van der Waals surface area contributed by atoms with Crippen molar-refractivity contribution >= 4 is 23.5 Å². The van der Waals surface area contributed by atoms with E-state index in [-0.39, 0.29) is 17.1 Å². The lowest BCUT2D eigenvalue weighted by molar-refractivity contribution is -0.137. The minimum atomic E-state index is -1.21. The van der Waals surface area contributed by atoms with E-state index in [1.807, 2.05) is 0 Å². The maximum atomic E-state index is 14.1. The molecule has 0 spiro atoms. The minimum Gasteiger partial charge on any atom is -0.493 e. The summed E-state index contributed by atoms with van der Waals surface area (Å²) in [6.45, 7) is 0. The zero-order valence-electron chi connectivity index (χ0n) is 14.3. The van der Waals surface area contributed by atoms with E-state index in [1.54, 1.807) is 30.3 Å². The summed E-state index contributed by atoms with van der Waals surface area (Å²) >= 11 is 5.92. The van der Waals surface area contributed by atoms with E-state index in [2.05, 4.69) is 10.4 Å². The molecule has 1 atom stereocenters. The van der Waals surface area contributed by atoms with E-state index in [0.717, 1.165) is 10.7 Å². The third kappa shape index (κ3) is 4.29. The van der Waals surface area contributed by atoms with Crippen molar-refractivity contribution in [2.24, 2.45) is 0 Å². The summed E-state index contributed by atoms with van der Waals surface area (Å²) < 4.78 is 15.2. The smallest absolute Gasteiger partial charge is 0.305 e. The first-order chi connectivity index (χ1) is 13.3. The molecule has 3 N–H and O–H groups in total. The monoisotopic (exact) mass is 403 g/mol. The highest BCUT2D eigenvalue weighted by atomic mass is 35.5. The van der Waals surface area contributed by atoms with Crippen LogP contribution in [-0.2, 0) is 4.79 Å². The van der Waals surface area contributed by atoms with E-state index < -0.39 is 30.2 Å². The first-order valence-corrected chi connectivity index (χ1v) is 8.55. The molecule has 0 aliphatic carbocycles. The molecule has 0 unspecified atom stereocenters. The van der Waals surface area contributed by atoms with Gasteiger partial charge in [0.05, 0.1) is 18.2 Å². The van der Waals surface area contributed by atoms with Gasteiger partial charge in [-0.1, -0.05) is 35.9 Å². The standard InChI is InChI=1S/C19H15ClFN3O4/c20-11-4-3-5-12(8-11)24-17(25)9-16(23-24)19(28)22-15(10-18(26)27)13-6-1-2-7-14(13)21/h1-9,15,25H,10H2,(H,22,28)(H,26,27)/t15-/m0/s1. The molecule has 0 radical (unpaired) electrons. The number of aromatic nitrogens is 2. The third-order valence-corrected chi connectivity index (χ3v) is 4.18. The van der Waals surface area contributed by atoms with Crippen molar-refractivity contribution in [1.82, 2.24) is 15.1 Å². The first kappa shape index (κ1) is 19.4. The number of benzene rings is 2. The molecule has 0 saturated carbocycles. The van der Waals surface area contributed by atoms with Crippen LogP contribution in [0.25, 0.3) is 5.69 Å². The molecule has 3 aromatic rings. The van der Waals surface area contributed by atoms with Crippen LogP contribution in [0, 0.1) is 5.82 Å². The number of aromatic hydroxyl groups is 1. The van der Waals surface area contributed by atoms with Crippen molar-refractivity contribution in [3.63, 3.8) is 0 Å². The van der Waals surface area contributed by atoms with Crippen molar-refractivity contribution in [3.05, 3.63) is 76.7 Å². The van der Waals surface area contributed by atoms with Gasteiger partial charge in [-0.3, -0.25) is 9.59 Å². The molecule has 28 heavy (non-hydrogen) atoms. The fourth-order valence-corrected chi connectivity index (χ4v) is 2.87. The summed E-state index contributed by atoms with van der Waals surface area (Å²) in [6, 6.07) is 12.1. The number of nitrogens with zero attached hydrogens (tertiary/aromatic N) is 2. The summed E-state index contributed by atoms with van der Waals surface area (Å²) in [7, 11) is 0. The Bertz CT molecular complexity index is 1040. The Morgan fingerprint density at radius 2 is 1.93 bits per heavy atom. The van der Waals surface area contributed by atoms with E-state index >= 15 is 0 Å². The highest BCUT2D eigenvalue weighted by molar-refractivity contribution is 6.30. The normalized spacial score (nSPS) is 11.8. The molecular weight excluding hydrogens is 389 g/mol. The average molecular weight is 404 g/mol. The average Bonchev–Trinajstić information content (AvgIpc) is 3.03. The fraction of sp³-hybridized carbons (Fsp3) is 0.105. The minimum absolute atomic E-state index is 0.0387. The Morgan fingerprint density at radius 1 is 1.18 bits per heavy atom. The number of halogens is 2. The van der Waals surface area contributed by atoms with Crippen molar-refractivity contribution < 1.29 is 24.2 Å². The van der Waals surface area contributed by atoms with Gasteiger partial charge in [-0.05, 0) is 24.3 Å². The molecule has 9 heteroatoms. The van der Waals surface area contributed by atoms with Gasteiger partial charge in [0.25, 0.3) is 5.91 Å². The molecule has 0 aliphatic heterocycles. The zero-order valence-corrected chi connectivity index (χ0v) is 15.1. The molecule has 2 aromatic carbocycles. The summed E-state index contributed by atoms with van der Waals surface area (Å²) in [5.41, 5.74) is 0.307. The Hall–Kier alpha value is -3.39. The molecular formula is C19H15ClFN3O4. The summed E-state index contributed by atoms with van der Waals surface area (Å²) in [4.78, 5) is 23.7. The number of hydrogen-bond donors (Lipinski definition) is 3. The van der Waals surface area contributed by atoms with Gasteiger partial charge in [-0.2, -0.15) is 5.10 Å². The Morgan fingerprint density at radius 3 is 2.61 bits per heavy atom. The van der Waals surface area contributed by atoms with Crippen molar-refractivity contribution in [1.29, 1.82) is 0 Å². The van der Waals surface area contributed by atoms with Crippen LogP contribution < -0.4 is 5.32 Å². The fourth-order valence-electron chi connectivity index (χ4n) is 2.68. The van der Waals surface area contributed by atoms with Crippen LogP contribution in [0.5, 0.6) is 5.88 Å². The number of carbonyl (C=O) groups is 2. The molecule has 7 nitrogen and oxygen atoms in total. The van der Waals surface area contributed by atoms with Crippen LogP contribution in [0.3, 0.4) is 0 Å². The Balaban J connectivity index is 1.87. The second-order valence-electron chi connectivity index (χ2n) is 5.92. The van der Waals surface area contributed by atoms with E-state index in [1.165, 1.54) is 18.2 Å². The summed E-state index contributed by atoms with van der Waals surface area (Å²) in [6.07, 6.45) is -0.520. The summed E-state index contributed by atoms with van der Waals surface area (Å²) in [5.74, 6) is -2.92. The number of aliphatic carboxylic acids is 1. The van der Waals surface area contributed by atoms with Crippen LogP contribution in [0.1, 0.15) is 28.5 Å². The molecule has 0 aliphatic rings. The molecule has 1 amide bonds. The molecule has 144 valence electrons. The van der Waals surface area contributed by atoms with Crippen LogP contribution in [0.15, 0.2) is 54.6 Å². The number of nitrogens with one attached hydrogen (secondary N) is 1. The van der Waals surface area contributed by atoms with Gasteiger partial charge in [0.1, 0.15) is 5.82 Å². The molecule has 0 bridgehead atoms. The first-order valence-electron chi connectivity index (χ1n) is 8.17. The second-order valence-corrected chi connectivity index (χ2v) is 6.36. The highest BCUT2D eigenvalue weighted by Crippen LogP contribution is 2.23. The van der Waals surface area contributed by atoms with Crippen molar-refractivity contribution in [3.8, 4) is 11.6 Å². The summed E-state index contributed by atoms with van der Waals surface area (Å²) in [5, 5.41) is 26.1. The number of hydrogen-bond acceptors (Lipinski definition) is 4. The highest BCUT2D eigenvalue weighted by Gasteiger charge is 2.23. The van der Waals surface area contributed by atoms with E-state index in [9.17, 15) is 19.1 Å². The topological polar surface area (TPSA) is 104 Å². The van der Waals surface area contributed by atoms with E-state index in [4.69, 9.17) is 16.7 Å². The predicted molar refractivity (Wildman–Crippen MR) is 99.1 cm³/mol. The van der Waals surface area contributed by atoms with Crippen molar-refractivity contribution in [2.45, 2.75) is 12.5 Å². The van der Waals surface area contributed by atoms with Crippen molar-refractivity contribution in [2.75, 3.05) is 0 Å². The quantitative estimate of drug-likeness (QED) is 0.585. The van der Waals surface area contributed by atoms with Gasteiger partial charge >= 0.3 is 5.97 Å². The maximum absolute atomic E-state index is 14.1. The van der Waals surface area contributed by atoms with E-state index in [0.29, 0.717) is 10.7 Å². The lowest BCUT2D eigenvalue weighted by Crippen LogP contribution is -2.31. The maximum Gasteiger partial charge on any atom is 0.305 e. The lowest BCUT2D eigenvalue weighted by atomic mass is 10.0. The molecule has 3 rings (SSSR count). The van der Waals surface area contributed by atoms with Gasteiger partial charge in [0, 0.05) is 16.7 Å². The lowest BCUT2D eigenvalue weighted by Gasteiger charge is -2.17. The van der Waals surface area contributed by atoms with Gasteiger partial charge in [-0.15, -0.1) is 0 Å². The molecule has 1 aromatic heterocycles. The number of carboxylic acids is 1. The van der Waals surface area contributed by atoms with Crippen LogP contribution >= 0.6 is 11.6 Å². The SMILES string of the molecule is O=C(O)C[C@H](NC(=O)c1cc(O)n(-c2cccc(Cl)c2)n1)c1ccccc1F. The molecule has 0 fully saturated rings. The van der Waals surface area contributed by atoms with Crippen LogP contribution in [0.2, 0.25) is 5.02 Å². The van der Waals surface area contributed by atoms with Gasteiger partial charge < -0.3 is 15.5 Å². The zero-order chi connectivity index (χ0) is 20.3. The second kappa shape index (κ2) is 8.10. The largest absolute Gasteiger partial charge is 0.493 e. The van der Waals surface area contributed by atoms with Gasteiger partial charge in [-0.25, -0.2) is 9.07 Å². The number of rotatable bonds is 6. The molecule has 0 saturated heterocycles. The Labute approximate surface area is 164 Å². The van der Waals surface area contributed by atoms with Gasteiger partial charge in [0.2, 0.25) is 5.88 Å².